The Balaban J connectivity index is 1.94. The molecule has 0 aliphatic carbocycles. The molecule has 0 aromatic heterocycles. The fraction of sp³-hybridized carbons (Fsp3) is 1.00. The molecule has 4 heteroatoms. The normalized spacial score (nSPS) is 38.1. The Kier molecular flexibility index (Phi) is 4.53. The first-order valence-corrected chi connectivity index (χ1v) is 7.72. The summed E-state index contributed by atoms with van der Waals surface area (Å²) in [6.45, 7) is 8.42. The van der Waals surface area contributed by atoms with Crippen molar-refractivity contribution in [2.45, 2.75) is 30.7 Å². The minimum absolute atomic E-state index is 0.761. The summed E-state index contributed by atoms with van der Waals surface area (Å²) < 4.78 is 0. The van der Waals surface area contributed by atoms with E-state index in [1.54, 1.807) is 0 Å². The Hall–Kier alpha value is 0.230. The fourth-order valence-electron chi connectivity index (χ4n) is 2.96. The van der Waals surface area contributed by atoms with E-state index in [0.29, 0.717) is 0 Å². The van der Waals surface area contributed by atoms with Crippen molar-refractivity contribution in [2.24, 2.45) is 0 Å². The van der Waals surface area contributed by atoms with Gasteiger partial charge in [0.15, 0.2) is 0 Å². The third-order valence-corrected chi connectivity index (χ3v) is 5.27. The number of hydrogen-bond donors (Lipinski definition) is 1. The van der Waals surface area contributed by atoms with Crippen LogP contribution >= 0.6 is 11.8 Å². The highest BCUT2D eigenvalue weighted by Gasteiger charge is 2.34. The Morgan fingerprint density at radius 2 is 2.12 bits per heavy atom. The molecule has 0 saturated carbocycles. The second-order valence-electron chi connectivity index (χ2n) is 5.04. The van der Waals surface area contributed by atoms with E-state index in [1.165, 1.54) is 39.1 Å². The summed E-state index contributed by atoms with van der Waals surface area (Å²) in [4.78, 5) is 5.24. The van der Waals surface area contributed by atoms with Gasteiger partial charge in [-0.25, -0.2) is 0 Å². The van der Waals surface area contributed by atoms with Crippen LogP contribution in [0.1, 0.15) is 13.3 Å². The molecular formula is C12H25N3S. The lowest BCUT2D eigenvalue weighted by molar-refractivity contribution is 0.0694. The van der Waals surface area contributed by atoms with Crippen molar-refractivity contribution in [1.29, 1.82) is 0 Å². The highest BCUT2D eigenvalue weighted by Crippen LogP contribution is 2.23. The average Bonchev–Trinajstić information content (AvgIpc) is 2.78. The van der Waals surface area contributed by atoms with Gasteiger partial charge in [-0.2, -0.15) is 11.8 Å². The van der Waals surface area contributed by atoms with E-state index in [1.807, 2.05) is 11.8 Å². The minimum Gasteiger partial charge on any atom is -0.314 e. The summed E-state index contributed by atoms with van der Waals surface area (Å²) in [6, 6.07) is 1.52. The first kappa shape index (κ1) is 12.7. The SMILES string of the molecule is CCC1CN(C2CNCC2SC)CCN1C. The minimum atomic E-state index is 0.761. The molecule has 0 spiro atoms. The number of rotatable bonds is 3. The molecule has 16 heavy (non-hydrogen) atoms. The monoisotopic (exact) mass is 243 g/mol. The molecule has 3 atom stereocenters. The number of hydrogen-bond acceptors (Lipinski definition) is 4. The van der Waals surface area contributed by atoms with Crippen LogP contribution in [0, 0.1) is 0 Å². The molecular weight excluding hydrogens is 218 g/mol. The molecule has 3 nitrogen and oxygen atoms in total. The molecule has 2 aliphatic rings. The second kappa shape index (κ2) is 5.71. The van der Waals surface area contributed by atoms with E-state index in [-0.39, 0.29) is 0 Å². The third kappa shape index (κ3) is 2.55. The molecule has 0 aromatic carbocycles. The number of nitrogens with zero attached hydrogens (tertiary/aromatic N) is 2. The first-order valence-electron chi connectivity index (χ1n) is 6.44. The molecule has 2 rings (SSSR count). The number of piperazine rings is 1. The average molecular weight is 243 g/mol. The molecule has 0 aromatic rings. The molecule has 2 saturated heterocycles. The second-order valence-corrected chi connectivity index (χ2v) is 6.11. The standard InChI is InChI=1S/C12H25N3S/c1-4-10-9-15(6-5-14(10)2)11-7-13-8-12(11)16-3/h10-13H,4-9H2,1-3H3. The van der Waals surface area contributed by atoms with Crippen molar-refractivity contribution in [3.05, 3.63) is 0 Å². The first-order chi connectivity index (χ1) is 7.76. The summed E-state index contributed by atoms with van der Waals surface area (Å²) in [5, 5.41) is 4.33. The summed E-state index contributed by atoms with van der Waals surface area (Å²) in [7, 11) is 2.27. The molecule has 2 aliphatic heterocycles. The van der Waals surface area contributed by atoms with Gasteiger partial charge in [0, 0.05) is 50.1 Å². The van der Waals surface area contributed by atoms with Crippen molar-refractivity contribution < 1.29 is 0 Å². The predicted molar refractivity (Wildman–Crippen MR) is 72.2 cm³/mol. The van der Waals surface area contributed by atoms with Gasteiger partial charge in [0.05, 0.1) is 0 Å². The van der Waals surface area contributed by atoms with E-state index >= 15 is 0 Å². The van der Waals surface area contributed by atoms with E-state index in [2.05, 4.69) is 35.3 Å². The lowest BCUT2D eigenvalue weighted by atomic mass is 10.1. The van der Waals surface area contributed by atoms with Gasteiger partial charge in [-0.15, -0.1) is 0 Å². The Morgan fingerprint density at radius 3 is 2.81 bits per heavy atom. The number of likely N-dealkylation sites (N-methyl/N-ethyl adjacent to an activating group) is 1. The zero-order chi connectivity index (χ0) is 11.5. The van der Waals surface area contributed by atoms with Gasteiger partial charge in [-0.3, -0.25) is 4.90 Å². The lowest BCUT2D eigenvalue weighted by Crippen LogP contribution is -2.56. The lowest BCUT2D eigenvalue weighted by Gasteiger charge is -2.43. The molecule has 94 valence electrons. The van der Waals surface area contributed by atoms with Gasteiger partial charge >= 0.3 is 0 Å². The zero-order valence-corrected chi connectivity index (χ0v) is 11.6. The van der Waals surface area contributed by atoms with Gasteiger partial charge in [-0.05, 0) is 19.7 Å². The summed E-state index contributed by atoms with van der Waals surface area (Å²) in [5.74, 6) is 0. The summed E-state index contributed by atoms with van der Waals surface area (Å²) in [5.41, 5.74) is 0. The van der Waals surface area contributed by atoms with Gasteiger partial charge < -0.3 is 10.2 Å². The Labute approximate surface area is 104 Å². The van der Waals surface area contributed by atoms with Crippen molar-refractivity contribution in [3.8, 4) is 0 Å². The quantitative estimate of drug-likeness (QED) is 0.787. The van der Waals surface area contributed by atoms with Crippen LogP contribution in [0.4, 0.5) is 0 Å². The smallest absolute Gasteiger partial charge is 0.0352 e. The van der Waals surface area contributed by atoms with Gasteiger partial charge in [0.25, 0.3) is 0 Å². The Morgan fingerprint density at radius 1 is 1.31 bits per heavy atom. The number of nitrogens with one attached hydrogen (secondary N) is 1. The van der Waals surface area contributed by atoms with E-state index in [0.717, 1.165) is 17.3 Å². The van der Waals surface area contributed by atoms with Gasteiger partial charge in [0.1, 0.15) is 0 Å². The predicted octanol–water partition coefficient (Wildman–Crippen LogP) is 0.716. The zero-order valence-electron chi connectivity index (χ0n) is 10.8. The molecule has 0 bridgehead atoms. The van der Waals surface area contributed by atoms with Gasteiger partial charge in [0.2, 0.25) is 0 Å². The van der Waals surface area contributed by atoms with Crippen LogP contribution in [-0.2, 0) is 0 Å². The summed E-state index contributed by atoms with van der Waals surface area (Å²) in [6.07, 6.45) is 3.52. The van der Waals surface area contributed by atoms with Crippen LogP contribution in [0.5, 0.6) is 0 Å². The van der Waals surface area contributed by atoms with Crippen LogP contribution in [-0.4, -0.2) is 73.2 Å². The van der Waals surface area contributed by atoms with Crippen molar-refractivity contribution in [3.63, 3.8) is 0 Å². The third-order valence-electron chi connectivity index (χ3n) is 4.18. The summed E-state index contributed by atoms with van der Waals surface area (Å²) >= 11 is 2.03. The van der Waals surface area contributed by atoms with Crippen molar-refractivity contribution in [1.82, 2.24) is 15.1 Å². The van der Waals surface area contributed by atoms with E-state index < -0.39 is 0 Å². The topological polar surface area (TPSA) is 18.5 Å². The van der Waals surface area contributed by atoms with Crippen LogP contribution in [0.2, 0.25) is 0 Å². The maximum absolute atomic E-state index is 3.54. The maximum Gasteiger partial charge on any atom is 0.0352 e. The largest absolute Gasteiger partial charge is 0.314 e. The van der Waals surface area contributed by atoms with E-state index in [4.69, 9.17) is 0 Å². The van der Waals surface area contributed by atoms with E-state index in [9.17, 15) is 0 Å². The van der Waals surface area contributed by atoms with Crippen LogP contribution < -0.4 is 5.32 Å². The number of thioether (sulfide) groups is 1. The Bertz CT molecular complexity index is 224. The highest BCUT2D eigenvalue weighted by molar-refractivity contribution is 7.99. The molecule has 2 fully saturated rings. The molecule has 3 unspecified atom stereocenters. The van der Waals surface area contributed by atoms with Crippen molar-refractivity contribution in [2.75, 3.05) is 46.0 Å². The molecule has 0 amide bonds. The molecule has 1 N–H and O–H groups in total. The highest BCUT2D eigenvalue weighted by atomic mass is 32.2. The molecule has 0 radical (unpaired) electrons. The van der Waals surface area contributed by atoms with Crippen LogP contribution in [0.25, 0.3) is 0 Å². The van der Waals surface area contributed by atoms with Crippen LogP contribution in [0.15, 0.2) is 0 Å². The van der Waals surface area contributed by atoms with Crippen LogP contribution in [0.3, 0.4) is 0 Å². The van der Waals surface area contributed by atoms with Gasteiger partial charge in [-0.1, -0.05) is 6.92 Å². The van der Waals surface area contributed by atoms with Crippen molar-refractivity contribution >= 4 is 11.8 Å². The molecule has 2 heterocycles. The maximum atomic E-state index is 3.54. The fourth-order valence-corrected chi connectivity index (χ4v) is 3.82.